The smallest absolute Gasteiger partial charge is 0.231 e. The lowest BCUT2D eigenvalue weighted by Gasteiger charge is -2.09. The summed E-state index contributed by atoms with van der Waals surface area (Å²) in [4.78, 5) is 10.7. The molecule has 0 saturated carbocycles. The van der Waals surface area contributed by atoms with Gasteiger partial charge in [-0.1, -0.05) is 42.5 Å². The van der Waals surface area contributed by atoms with E-state index in [0.29, 0.717) is 11.6 Å². The van der Waals surface area contributed by atoms with Crippen LogP contribution in [0.3, 0.4) is 0 Å². The Morgan fingerprint density at radius 1 is 1.00 bits per heavy atom. The highest BCUT2D eigenvalue weighted by Crippen LogP contribution is 2.37. The van der Waals surface area contributed by atoms with Crippen molar-refractivity contribution in [1.29, 1.82) is 0 Å². The number of hydrogen-bond acceptors (Lipinski definition) is 5. The molecule has 0 fully saturated rings. The van der Waals surface area contributed by atoms with Crippen LogP contribution in [0.4, 0.5) is 0 Å². The quantitative estimate of drug-likeness (QED) is 0.550. The van der Waals surface area contributed by atoms with Crippen molar-refractivity contribution in [3.05, 3.63) is 72.6 Å². The van der Waals surface area contributed by atoms with E-state index in [2.05, 4.69) is 28.2 Å². The number of aliphatic hydroxyl groups excluding tert-OH is 1. The normalized spacial score (nSPS) is 12.2. The highest BCUT2D eigenvalue weighted by atomic mass is 32.1. The highest BCUT2D eigenvalue weighted by Gasteiger charge is 2.12. The first-order valence-electron chi connectivity index (χ1n) is 7.96. The second kappa shape index (κ2) is 6.63. The molecule has 0 radical (unpaired) electrons. The summed E-state index contributed by atoms with van der Waals surface area (Å²) in [6.07, 6.45) is 0.973. The molecule has 0 aliphatic rings. The third-order valence-electron chi connectivity index (χ3n) is 3.91. The van der Waals surface area contributed by atoms with Crippen LogP contribution in [-0.4, -0.2) is 15.1 Å². The van der Waals surface area contributed by atoms with Gasteiger partial charge in [0.15, 0.2) is 0 Å². The largest absolute Gasteiger partial charge is 0.438 e. The van der Waals surface area contributed by atoms with Crippen LogP contribution in [0.2, 0.25) is 0 Å². The SMILES string of the molecule is C[C@@H](O)c1cccc(Oc2ncnc3sc(-c4ccccc4)cc23)c1. The van der Waals surface area contributed by atoms with E-state index in [4.69, 9.17) is 4.74 Å². The van der Waals surface area contributed by atoms with E-state index in [0.717, 1.165) is 26.2 Å². The Morgan fingerprint density at radius 3 is 2.64 bits per heavy atom. The summed E-state index contributed by atoms with van der Waals surface area (Å²) < 4.78 is 5.98. The predicted molar refractivity (Wildman–Crippen MR) is 100 cm³/mol. The Kier molecular flexibility index (Phi) is 4.17. The second-order valence-corrected chi connectivity index (χ2v) is 6.76. The van der Waals surface area contributed by atoms with Crippen molar-refractivity contribution in [2.24, 2.45) is 0 Å². The molecule has 4 nitrogen and oxygen atoms in total. The average Bonchev–Trinajstić information content (AvgIpc) is 3.08. The van der Waals surface area contributed by atoms with Crippen LogP contribution in [0.15, 0.2) is 67.0 Å². The van der Waals surface area contributed by atoms with Gasteiger partial charge in [-0.05, 0) is 36.2 Å². The fraction of sp³-hybridized carbons (Fsp3) is 0.100. The van der Waals surface area contributed by atoms with Gasteiger partial charge < -0.3 is 9.84 Å². The Labute approximate surface area is 149 Å². The standard InChI is InChI=1S/C20H16N2O2S/c1-13(23)15-8-5-9-16(10-15)24-19-17-11-18(14-6-3-2-4-7-14)25-20(17)22-12-21-19/h2-13,23H,1H3/t13-/m1/s1. The molecule has 124 valence electrons. The maximum Gasteiger partial charge on any atom is 0.231 e. The minimum absolute atomic E-state index is 0.520. The van der Waals surface area contributed by atoms with E-state index in [-0.39, 0.29) is 0 Å². The van der Waals surface area contributed by atoms with Gasteiger partial charge in [-0.25, -0.2) is 9.97 Å². The minimum atomic E-state index is -0.542. The zero-order valence-electron chi connectivity index (χ0n) is 13.6. The number of hydrogen-bond donors (Lipinski definition) is 1. The molecule has 0 spiro atoms. The number of nitrogens with zero attached hydrogens (tertiary/aromatic N) is 2. The first-order chi connectivity index (χ1) is 12.2. The molecule has 1 N–H and O–H groups in total. The van der Waals surface area contributed by atoms with Crippen molar-refractivity contribution >= 4 is 21.6 Å². The second-order valence-electron chi connectivity index (χ2n) is 5.72. The fourth-order valence-electron chi connectivity index (χ4n) is 2.61. The van der Waals surface area contributed by atoms with Crippen molar-refractivity contribution in [1.82, 2.24) is 9.97 Å². The fourth-order valence-corrected chi connectivity index (χ4v) is 3.60. The number of benzene rings is 2. The molecule has 1 atom stereocenters. The topological polar surface area (TPSA) is 55.2 Å². The number of ether oxygens (including phenoxy) is 1. The third-order valence-corrected chi connectivity index (χ3v) is 5.00. The first-order valence-corrected chi connectivity index (χ1v) is 8.78. The highest BCUT2D eigenvalue weighted by molar-refractivity contribution is 7.21. The molecular weight excluding hydrogens is 332 g/mol. The molecule has 2 aromatic heterocycles. The summed E-state index contributed by atoms with van der Waals surface area (Å²) >= 11 is 1.61. The van der Waals surface area contributed by atoms with Crippen LogP contribution in [0.1, 0.15) is 18.6 Å². The number of aliphatic hydroxyl groups is 1. The van der Waals surface area contributed by atoms with Crippen LogP contribution >= 0.6 is 11.3 Å². The Hall–Kier alpha value is -2.76. The molecular formula is C20H16N2O2S. The summed E-state index contributed by atoms with van der Waals surface area (Å²) in [5.74, 6) is 1.16. The van der Waals surface area contributed by atoms with Crippen LogP contribution in [0, 0.1) is 0 Å². The van der Waals surface area contributed by atoms with E-state index in [9.17, 15) is 5.11 Å². The summed E-state index contributed by atoms with van der Waals surface area (Å²) in [5.41, 5.74) is 1.95. The van der Waals surface area contributed by atoms with Crippen molar-refractivity contribution < 1.29 is 9.84 Å². The number of aromatic nitrogens is 2. The zero-order chi connectivity index (χ0) is 17.2. The molecule has 0 aliphatic carbocycles. The van der Waals surface area contributed by atoms with Gasteiger partial charge in [0.2, 0.25) is 5.88 Å². The predicted octanol–water partition coefficient (Wildman–Crippen LogP) is 5.20. The van der Waals surface area contributed by atoms with Crippen LogP contribution < -0.4 is 4.74 Å². The van der Waals surface area contributed by atoms with Gasteiger partial charge in [0.25, 0.3) is 0 Å². The third kappa shape index (κ3) is 3.24. The lowest BCUT2D eigenvalue weighted by Crippen LogP contribution is -1.93. The van der Waals surface area contributed by atoms with Gasteiger partial charge in [0.05, 0.1) is 11.5 Å². The maximum atomic E-state index is 9.74. The Balaban J connectivity index is 1.73. The zero-order valence-corrected chi connectivity index (χ0v) is 14.4. The van der Waals surface area contributed by atoms with Gasteiger partial charge in [-0.15, -0.1) is 11.3 Å². The molecule has 0 amide bonds. The monoisotopic (exact) mass is 348 g/mol. The molecule has 5 heteroatoms. The van der Waals surface area contributed by atoms with Crippen LogP contribution in [0.25, 0.3) is 20.7 Å². The van der Waals surface area contributed by atoms with E-state index in [1.807, 2.05) is 42.5 Å². The van der Waals surface area contributed by atoms with Crippen molar-refractivity contribution in [3.63, 3.8) is 0 Å². The number of fused-ring (bicyclic) bond motifs is 1. The van der Waals surface area contributed by atoms with Gasteiger partial charge in [0.1, 0.15) is 16.9 Å². The Morgan fingerprint density at radius 2 is 1.84 bits per heavy atom. The van der Waals surface area contributed by atoms with Crippen molar-refractivity contribution in [2.45, 2.75) is 13.0 Å². The van der Waals surface area contributed by atoms with E-state index in [1.54, 1.807) is 18.3 Å². The first kappa shape index (κ1) is 15.7. The van der Waals surface area contributed by atoms with Crippen molar-refractivity contribution in [2.75, 3.05) is 0 Å². The van der Waals surface area contributed by atoms with Crippen molar-refractivity contribution in [3.8, 4) is 22.1 Å². The Bertz CT molecular complexity index is 1010. The summed E-state index contributed by atoms with van der Waals surface area (Å²) in [5, 5.41) is 10.6. The van der Waals surface area contributed by atoms with Crippen LogP contribution in [0.5, 0.6) is 11.6 Å². The van der Waals surface area contributed by atoms with Gasteiger partial charge in [-0.2, -0.15) is 0 Å². The molecule has 2 heterocycles. The molecule has 2 aromatic carbocycles. The molecule has 0 bridgehead atoms. The molecule has 0 unspecified atom stereocenters. The average molecular weight is 348 g/mol. The van der Waals surface area contributed by atoms with Gasteiger partial charge >= 0.3 is 0 Å². The van der Waals surface area contributed by atoms with Gasteiger partial charge in [-0.3, -0.25) is 0 Å². The van der Waals surface area contributed by atoms with E-state index < -0.39 is 6.10 Å². The maximum absolute atomic E-state index is 9.74. The molecule has 25 heavy (non-hydrogen) atoms. The van der Waals surface area contributed by atoms with Gasteiger partial charge in [0, 0.05) is 4.88 Å². The molecule has 0 saturated heterocycles. The van der Waals surface area contributed by atoms with E-state index in [1.165, 1.54) is 6.33 Å². The molecule has 4 rings (SSSR count). The summed E-state index contributed by atoms with van der Waals surface area (Å²) in [6, 6.07) is 19.6. The molecule has 0 aliphatic heterocycles. The summed E-state index contributed by atoms with van der Waals surface area (Å²) in [6.45, 7) is 1.73. The minimum Gasteiger partial charge on any atom is -0.438 e. The summed E-state index contributed by atoms with van der Waals surface area (Å²) in [7, 11) is 0. The lowest BCUT2D eigenvalue weighted by molar-refractivity contribution is 0.199. The van der Waals surface area contributed by atoms with E-state index >= 15 is 0 Å². The lowest BCUT2D eigenvalue weighted by atomic mass is 10.1. The molecule has 4 aromatic rings. The number of rotatable bonds is 4. The number of thiophene rings is 1. The van der Waals surface area contributed by atoms with Crippen LogP contribution in [-0.2, 0) is 0 Å².